The fourth-order valence-corrected chi connectivity index (χ4v) is 6.61. The number of ether oxygens (including phenoxy) is 1. The van der Waals surface area contributed by atoms with Crippen LogP contribution in [0.25, 0.3) is 0 Å². The molecule has 1 aromatic carbocycles. The van der Waals surface area contributed by atoms with E-state index in [1.807, 2.05) is 37.3 Å². The van der Waals surface area contributed by atoms with Gasteiger partial charge in [0.25, 0.3) is 5.91 Å². The Labute approximate surface area is 165 Å². The number of pyridine rings is 1. The van der Waals surface area contributed by atoms with Crippen LogP contribution in [0.3, 0.4) is 0 Å². The topological polar surface area (TPSA) is 76.6 Å². The van der Waals surface area contributed by atoms with Gasteiger partial charge in [0.2, 0.25) is 0 Å². The molecule has 1 amide bonds. The number of amides is 1. The highest BCUT2D eigenvalue weighted by molar-refractivity contribution is 7.93. The Balaban J connectivity index is 1.42. The molecule has 2 saturated heterocycles. The molecule has 0 saturated carbocycles. The summed E-state index contributed by atoms with van der Waals surface area (Å²) in [7, 11) is -3.24. The number of aromatic nitrogens is 1. The van der Waals surface area contributed by atoms with Crippen LogP contribution in [0.1, 0.15) is 27.9 Å². The molecule has 0 radical (unpaired) electrons. The lowest BCUT2D eigenvalue weighted by Gasteiger charge is -2.49. The van der Waals surface area contributed by atoms with E-state index in [1.54, 1.807) is 23.4 Å². The summed E-state index contributed by atoms with van der Waals surface area (Å²) in [4.78, 5) is 18.4. The van der Waals surface area contributed by atoms with Crippen molar-refractivity contribution in [1.82, 2.24) is 9.88 Å². The Kier molecular flexibility index (Phi) is 4.97. The molecule has 0 unspecified atom stereocenters. The Morgan fingerprint density at radius 3 is 2.82 bits per heavy atom. The Hall–Kier alpha value is -2.25. The molecule has 1 aromatic heterocycles. The predicted octanol–water partition coefficient (Wildman–Crippen LogP) is 2.24. The van der Waals surface area contributed by atoms with Crippen molar-refractivity contribution in [1.29, 1.82) is 0 Å². The van der Waals surface area contributed by atoms with Crippen molar-refractivity contribution < 1.29 is 17.9 Å². The zero-order chi connectivity index (χ0) is 19.8. The van der Waals surface area contributed by atoms with Crippen LogP contribution in [-0.4, -0.2) is 54.4 Å². The smallest absolute Gasteiger partial charge is 0.253 e. The van der Waals surface area contributed by atoms with Crippen LogP contribution >= 0.6 is 0 Å². The first kappa shape index (κ1) is 19.1. The number of carbonyl (C=O) groups is 1. The number of aryl methyl sites for hydroxylation is 1. The van der Waals surface area contributed by atoms with Gasteiger partial charge in [-0.3, -0.25) is 9.78 Å². The zero-order valence-corrected chi connectivity index (χ0v) is 16.7. The normalized spacial score (nSPS) is 22.2. The van der Waals surface area contributed by atoms with Crippen molar-refractivity contribution in [2.45, 2.75) is 24.7 Å². The van der Waals surface area contributed by atoms with Crippen LogP contribution in [0.15, 0.2) is 48.8 Å². The molecular weight excluding hydrogens is 376 g/mol. The van der Waals surface area contributed by atoms with Gasteiger partial charge in [-0.2, -0.15) is 0 Å². The molecule has 2 fully saturated rings. The number of nitrogens with zero attached hydrogens (tertiary/aromatic N) is 2. The second kappa shape index (κ2) is 7.29. The molecule has 0 bridgehead atoms. The highest BCUT2D eigenvalue weighted by Gasteiger charge is 2.62. The highest BCUT2D eigenvalue weighted by atomic mass is 32.2. The molecule has 28 heavy (non-hydrogen) atoms. The molecule has 0 aliphatic carbocycles. The fourth-order valence-electron chi connectivity index (χ4n) is 4.21. The lowest BCUT2D eigenvalue weighted by atomic mass is 9.83. The maximum absolute atomic E-state index is 12.8. The first-order valence-electron chi connectivity index (χ1n) is 9.46. The van der Waals surface area contributed by atoms with Gasteiger partial charge in [0, 0.05) is 37.0 Å². The van der Waals surface area contributed by atoms with Crippen molar-refractivity contribution >= 4 is 15.7 Å². The maximum atomic E-state index is 12.8. The summed E-state index contributed by atoms with van der Waals surface area (Å²) in [6, 6.07) is 11.2. The summed E-state index contributed by atoms with van der Waals surface area (Å²) in [6.07, 6.45) is 4.03. The minimum absolute atomic E-state index is 0.0873. The van der Waals surface area contributed by atoms with E-state index in [1.165, 1.54) is 0 Å². The largest absolute Gasteiger partial charge is 0.376 e. The van der Waals surface area contributed by atoms with Crippen LogP contribution < -0.4 is 0 Å². The lowest BCUT2D eigenvalue weighted by Crippen LogP contribution is -2.68. The van der Waals surface area contributed by atoms with Gasteiger partial charge in [-0.25, -0.2) is 8.42 Å². The molecule has 1 atom stereocenters. The van der Waals surface area contributed by atoms with Gasteiger partial charge in [0.15, 0.2) is 9.84 Å². The third-order valence-corrected chi connectivity index (χ3v) is 8.48. The molecule has 3 heterocycles. The van der Waals surface area contributed by atoms with E-state index in [-0.39, 0.29) is 30.7 Å². The third kappa shape index (κ3) is 3.33. The predicted molar refractivity (Wildman–Crippen MR) is 106 cm³/mol. The number of rotatable bonds is 5. The van der Waals surface area contributed by atoms with Crippen molar-refractivity contribution in [3.8, 4) is 0 Å². The molecule has 2 aromatic rings. The van der Waals surface area contributed by atoms with Gasteiger partial charge in [0.05, 0.1) is 19.0 Å². The molecule has 2 aliphatic heterocycles. The van der Waals surface area contributed by atoms with E-state index in [0.29, 0.717) is 25.2 Å². The molecule has 0 N–H and O–H groups in total. The molecule has 7 heteroatoms. The standard InChI is InChI=1S/C21H24N2O4S/c1-16-4-2-6-18(10-16)20(24)23-14-21(15-23)19(7-9-28(21,25)26)13-27-12-17-5-3-8-22-11-17/h2-6,8,10-11,19H,7,9,12-15H2,1H3/t19-/m0/s1. The van der Waals surface area contributed by atoms with Crippen molar-refractivity contribution in [2.24, 2.45) is 5.92 Å². The van der Waals surface area contributed by atoms with E-state index in [9.17, 15) is 13.2 Å². The summed E-state index contributed by atoms with van der Waals surface area (Å²) in [5.74, 6) is -0.0254. The van der Waals surface area contributed by atoms with Gasteiger partial charge in [-0.05, 0) is 37.1 Å². The molecule has 148 valence electrons. The molecule has 6 nitrogen and oxygen atoms in total. The second-order valence-corrected chi connectivity index (χ2v) is 10.2. The quantitative estimate of drug-likeness (QED) is 0.769. The van der Waals surface area contributed by atoms with Crippen LogP contribution in [-0.2, 0) is 21.2 Å². The maximum Gasteiger partial charge on any atom is 0.253 e. The van der Waals surface area contributed by atoms with Gasteiger partial charge in [0.1, 0.15) is 4.75 Å². The van der Waals surface area contributed by atoms with Crippen molar-refractivity contribution in [3.05, 3.63) is 65.5 Å². The summed E-state index contributed by atoms with van der Waals surface area (Å²) < 4.78 is 30.5. The van der Waals surface area contributed by atoms with Crippen molar-refractivity contribution in [3.63, 3.8) is 0 Å². The summed E-state index contributed by atoms with van der Waals surface area (Å²) in [6.45, 7) is 3.23. The molecule has 2 aliphatic rings. The first-order chi connectivity index (χ1) is 13.4. The monoisotopic (exact) mass is 400 g/mol. The fraction of sp³-hybridized carbons (Fsp3) is 0.429. The van der Waals surface area contributed by atoms with E-state index in [0.717, 1.165) is 11.1 Å². The van der Waals surface area contributed by atoms with E-state index >= 15 is 0 Å². The van der Waals surface area contributed by atoms with E-state index in [4.69, 9.17) is 4.74 Å². The number of sulfone groups is 1. The number of hydrogen-bond acceptors (Lipinski definition) is 5. The minimum atomic E-state index is -3.24. The number of likely N-dealkylation sites (tertiary alicyclic amines) is 1. The van der Waals surface area contributed by atoms with Crippen molar-refractivity contribution in [2.75, 3.05) is 25.4 Å². The summed E-state index contributed by atoms with van der Waals surface area (Å²) in [5.41, 5.74) is 2.58. The van der Waals surface area contributed by atoms with E-state index < -0.39 is 14.6 Å². The summed E-state index contributed by atoms with van der Waals surface area (Å²) in [5, 5.41) is 0. The van der Waals surface area contributed by atoms with Crippen LogP contribution in [0.4, 0.5) is 0 Å². The Bertz CT molecular complexity index is 969. The number of hydrogen-bond donors (Lipinski definition) is 0. The van der Waals surface area contributed by atoms with Gasteiger partial charge >= 0.3 is 0 Å². The molecule has 4 rings (SSSR count). The Morgan fingerprint density at radius 1 is 1.29 bits per heavy atom. The number of carbonyl (C=O) groups excluding carboxylic acids is 1. The van der Waals surface area contributed by atoms with Crippen LogP contribution in [0.5, 0.6) is 0 Å². The molecular formula is C21H24N2O4S. The Morgan fingerprint density at radius 2 is 2.11 bits per heavy atom. The van der Waals surface area contributed by atoms with Gasteiger partial charge < -0.3 is 9.64 Å². The molecule has 1 spiro atoms. The van der Waals surface area contributed by atoms with E-state index in [2.05, 4.69) is 4.98 Å². The van der Waals surface area contributed by atoms with Gasteiger partial charge in [-0.1, -0.05) is 23.8 Å². The van der Waals surface area contributed by atoms with Crippen LogP contribution in [0, 0.1) is 12.8 Å². The highest BCUT2D eigenvalue weighted by Crippen LogP contribution is 2.45. The average Bonchev–Trinajstić information content (AvgIpc) is 2.91. The minimum Gasteiger partial charge on any atom is -0.376 e. The second-order valence-electron chi connectivity index (χ2n) is 7.78. The SMILES string of the molecule is Cc1cccc(C(=O)N2CC3(C2)[C@H](COCc2cccnc2)CCS3(=O)=O)c1. The van der Waals surface area contributed by atoms with Gasteiger partial charge in [-0.15, -0.1) is 0 Å². The third-order valence-electron chi connectivity index (χ3n) is 5.88. The van der Waals surface area contributed by atoms with Crippen LogP contribution in [0.2, 0.25) is 0 Å². The first-order valence-corrected chi connectivity index (χ1v) is 11.1. The average molecular weight is 401 g/mol. The zero-order valence-electron chi connectivity index (χ0n) is 15.9. The summed E-state index contributed by atoms with van der Waals surface area (Å²) >= 11 is 0. The lowest BCUT2D eigenvalue weighted by molar-refractivity contribution is 0.0209. The number of benzene rings is 1.